The lowest BCUT2D eigenvalue weighted by atomic mass is 10.00. The number of hydrogen-bond acceptors (Lipinski definition) is 8. The van der Waals surface area contributed by atoms with E-state index in [0.717, 1.165) is 0 Å². The molecular weight excluding hydrogens is 297 g/mol. The average Bonchev–Trinajstić information content (AvgIpc) is 2.28. The summed E-state index contributed by atoms with van der Waals surface area (Å²) in [7, 11) is -5.25. The summed E-state index contributed by atoms with van der Waals surface area (Å²) in [5, 5.41) is 36.9. The van der Waals surface area contributed by atoms with Gasteiger partial charge in [0.05, 0.1) is 6.61 Å². The Morgan fingerprint density at radius 1 is 1.21 bits per heavy atom. The predicted molar refractivity (Wildman–Crippen MR) is 51.8 cm³/mol. The lowest BCUT2D eigenvalue weighted by molar-refractivity contribution is -0.282. The van der Waals surface area contributed by atoms with E-state index < -0.39 is 51.7 Å². The van der Waals surface area contributed by atoms with Crippen LogP contribution < -0.4 is 0 Å². The van der Waals surface area contributed by atoms with Crippen LogP contribution in [0.2, 0.25) is 0 Å². The number of aliphatic hydroxyl groups excluding tert-OH is 4. The zero-order valence-electron chi connectivity index (χ0n) is 9.24. The molecule has 9 nitrogen and oxygen atoms in total. The van der Waals surface area contributed by atoms with Crippen LogP contribution in [0.3, 0.4) is 0 Å². The first-order valence-electron chi connectivity index (χ1n) is 4.96. The molecule has 1 aliphatic heterocycles. The summed E-state index contributed by atoms with van der Waals surface area (Å²) in [6.07, 6.45) is -9.03. The predicted octanol–water partition coefficient (Wildman–Crippen LogP) is -1.86. The second-order valence-electron chi connectivity index (χ2n) is 3.64. The maximum Gasteiger partial charge on any atom is 0.479 e. The molecule has 1 heterocycles. The average molecular weight is 310 g/mol. The molecular formula is C7H13F2O9P. The van der Waals surface area contributed by atoms with Crippen molar-refractivity contribution in [2.24, 2.45) is 0 Å². The molecule has 0 aromatic carbocycles. The van der Waals surface area contributed by atoms with Crippen LogP contribution >= 0.6 is 7.82 Å². The largest absolute Gasteiger partial charge is 0.479 e. The SMILES string of the molecule is O=P(O)(OC(F)F)O[C@H]1O[C@H](CO)[C@@H](O)[C@H](O)[C@@H]1O. The molecule has 0 aromatic heterocycles. The summed E-state index contributed by atoms with van der Waals surface area (Å²) in [5.74, 6) is 0. The van der Waals surface area contributed by atoms with Crippen molar-refractivity contribution in [2.75, 3.05) is 6.61 Å². The van der Waals surface area contributed by atoms with Crippen LogP contribution in [0.4, 0.5) is 8.78 Å². The van der Waals surface area contributed by atoms with Crippen LogP contribution in [0.5, 0.6) is 0 Å². The van der Waals surface area contributed by atoms with Crippen LogP contribution in [0.15, 0.2) is 0 Å². The van der Waals surface area contributed by atoms with E-state index >= 15 is 0 Å². The zero-order chi connectivity index (χ0) is 14.8. The Bertz CT molecular complexity index is 341. The molecule has 1 aliphatic rings. The van der Waals surface area contributed by atoms with Gasteiger partial charge in [-0.05, 0) is 0 Å². The monoisotopic (exact) mass is 310 g/mol. The van der Waals surface area contributed by atoms with Crippen LogP contribution in [-0.2, 0) is 18.3 Å². The van der Waals surface area contributed by atoms with Crippen molar-refractivity contribution < 1.29 is 52.4 Å². The lowest BCUT2D eigenvalue weighted by Crippen LogP contribution is -2.58. The molecule has 19 heavy (non-hydrogen) atoms. The van der Waals surface area contributed by atoms with Crippen LogP contribution in [0.1, 0.15) is 0 Å². The van der Waals surface area contributed by atoms with Gasteiger partial charge in [0, 0.05) is 0 Å². The maximum atomic E-state index is 11.8. The molecule has 6 atom stereocenters. The Morgan fingerprint density at radius 2 is 1.79 bits per heavy atom. The van der Waals surface area contributed by atoms with Crippen LogP contribution in [0, 0.1) is 0 Å². The van der Waals surface area contributed by atoms with Crippen molar-refractivity contribution >= 4 is 7.82 Å². The molecule has 5 N–H and O–H groups in total. The van der Waals surface area contributed by atoms with Crippen LogP contribution in [-0.4, -0.2) is 69.2 Å². The fourth-order valence-electron chi connectivity index (χ4n) is 1.41. The molecule has 12 heteroatoms. The smallest absolute Gasteiger partial charge is 0.394 e. The van der Waals surface area contributed by atoms with Crippen LogP contribution in [0.25, 0.3) is 0 Å². The summed E-state index contributed by atoms with van der Waals surface area (Å²) in [5.41, 5.74) is 0. The molecule has 1 saturated heterocycles. The topological polar surface area (TPSA) is 146 Å². The summed E-state index contributed by atoms with van der Waals surface area (Å²) in [6.45, 7) is -4.42. The van der Waals surface area contributed by atoms with Gasteiger partial charge in [0.15, 0.2) is 6.29 Å². The van der Waals surface area contributed by atoms with Gasteiger partial charge < -0.3 is 30.1 Å². The summed E-state index contributed by atoms with van der Waals surface area (Å²) >= 11 is 0. The van der Waals surface area contributed by atoms with Crippen molar-refractivity contribution in [3.8, 4) is 0 Å². The number of halogens is 2. The number of phosphoric acid groups is 1. The Kier molecular flexibility index (Phi) is 5.74. The summed E-state index contributed by atoms with van der Waals surface area (Å²) in [6, 6.07) is 0. The van der Waals surface area contributed by atoms with Gasteiger partial charge in [-0.3, -0.25) is 4.52 Å². The minimum atomic E-state index is -5.25. The number of alkyl halides is 2. The summed E-state index contributed by atoms with van der Waals surface area (Å²) < 4.78 is 46.7. The van der Waals surface area contributed by atoms with Gasteiger partial charge in [-0.25, -0.2) is 9.09 Å². The molecule has 0 bridgehead atoms. The molecule has 1 unspecified atom stereocenters. The highest BCUT2D eigenvalue weighted by molar-refractivity contribution is 7.47. The number of phosphoric ester groups is 1. The first kappa shape index (κ1) is 16.8. The molecule has 0 aromatic rings. The number of rotatable bonds is 5. The Labute approximate surface area is 105 Å². The standard InChI is InChI=1S/C7H13F2O9P/c8-7(9)18-19(14,15)17-6-5(13)4(12)3(11)2(1-10)16-6/h2-7,10-13H,1H2,(H,14,15)/t2-,3-,4+,5+,6-/m1/s1. The van der Waals surface area contributed by atoms with E-state index in [9.17, 15) is 28.7 Å². The molecule has 0 saturated carbocycles. The van der Waals surface area contributed by atoms with Gasteiger partial charge in [0.2, 0.25) is 0 Å². The van der Waals surface area contributed by atoms with E-state index in [0.29, 0.717) is 0 Å². The van der Waals surface area contributed by atoms with Gasteiger partial charge in [-0.15, -0.1) is 0 Å². The number of ether oxygens (including phenoxy) is 1. The highest BCUT2D eigenvalue weighted by Crippen LogP contribution is 2.47. The van der Waals surface area contributed by atoms with Crippen molar-refractivity contribution in [3.05, 3.63) is 0 Å². The Hall–Kier alpha value is -0.230. The highest BCUT2D eigenvalue weighted by atomic mass is 31.2. The molecule has 1 rings (SSSR count). The van der Waals surface area contributed by atoms with E-state index in [4.69, 9.17) is 10.00 Å². The van der Waals surface area contributed by atoms with Gasteiger partial charge in [0.1, 0.15) is 24.4 Å². The normalized spacial score (nSPS) is 39.3. The minimum Gasteiger partial charge on any atom is -0.394 e. The Morgan fingerprint density at radius 3 is 2.26 bits per heavy atom. The molecule has 0 spiro atoms. The Balaban J connectivity index is 2.74. The number of hydrogen-bond donors (Lipinski definition) is 5. The quantitative estimate of drug-likeness (QED) is 0.369. The van der Waals surface area contributed by atoms with Gasteiger partial charge in [-0.2, -0.15) is 8.78 Å². The van der Waals surface area contributed by atoms with Crippen molar-refractivity contribution in [1.82, 2.24) is 0 Å². The second-order valence-corrected chi connectivity index (χ2v) is 5.00. The third-order valence-electron chi connectivity index (χ3n) is 2.30. The lowest BCUT2D eigenvalue weighted by Gasteiger charge is -2.39. The molecule has 0 radical (unpaired) electrons. The van der Waals surface area contributed by atoms with E-state index in [1.54, 1.807) is 0 Å². The number of aliphatic hydroxyl groups is 4. The first-order chi connectivity index (χ1) is 8.68. The van der Waals surface area contributed by atoms with Gasteiger partial charge in [-0.1, -0.05) is 0 Å². The van der Waals surface area contributed by atoms with Crippen molar-refractivity contribution in [3.63, 3.8) is 0 Å². The highest BCUT2D eigenvalue weighted by Gasteiger charge is 2.47. The van der Waals surface area contributed by atoms with E-state index in [1.165, 1.54) is 0 Å². The fraction of sp³-hybridized carbons (Fsp3) is 1.00. The zero-order valence-corrected chi connectivity index (χ0v) is 10.1. The molecule has 0 amide bonds. The van der Waals surface area contributed by atoms with Crippen molar-refractivity contribution in [1.29, 1.82) is 0 Å². The first-order valence-corrected chi connectivity index (χ1v) is 6.45. The summed E-state index contributed by atoms with van der Waals surface area (Å²) in [4.78, 5) is 8.90. The van der Waals surface area contributed by atoms with E-state index in [2.05, 4.69) is 13.8 Å². The van der Waals surface area contributed by atoms with E-state index in [1.807, 2.05) is 0 Å². The van der Waals surface area contributed by atoms with Gasteiger partial charge in [0.25, 0.3) is 0 Å². The van der Waals surface area contributed by atoms with E-state index in [-0.39, 0.29) is 0 Å². The molecule has 1 fully saturated rings. The minimum absolute atomic E-state index is 0.809. The molecule has 114 valence electrons. The molecule has 0 aliphatic carbocycles. The van der Waals surface area contributed by atoms with Crippen molar-refractivity contribution in [2.45, 2.75) is 37.3 Å². The third kappa shape index (κ3) is 4.38. The maximum absolute atomic E-state index is 11.8. The fourth-order valence-corrected chi connectivity index (χ4v) is 2.10. The third-order valence-corrected chi connectivity index (χ3v) is 3.20. The second kappa shape index (κ2) is 6.48. The van der Waals surface area contributed by atoms with Gasteiger partial charge >= 0.3 is 14.4 Å².